The molecular formula is C44H40N6. The van der Waals surface area contributed by atoms with Gasteiger partial charge in [-0.2, -0.15) is 5.26 Å². The first-order chi connectivity index (χ1) is 23.9. The summed E-state index contributed by atoms with van der Waals surface area (Å²) in [7, 11) is 0. The Bertz CT molecular complexity index is 2150. The number of rotatable bonds is 7. The third-order valence-corrected chi connectivity index (χ3v) is 8.70. The summed E-state index contributed by atoms with van der Waals surface area (Å²) in [5.41, 5.74) is 10.2. The van der Waals surface area contributed by atoms with Crippen LogP contribution >= 0.6 is 0 Å². The molecule has 0 bridgehead atoms. The van der Waals surface area contributed by atoms with Gasteiger partial charge in [-0.25, -0.2) is 24.9 Å². The van der Waals surface area contributed by atoms with Crippen molar-refractivity contribution in [1.29, 1.82) is 5.26 Å². The second-order valence-corrected chi connectivity index (χ2v) is 14.3. The van der Waals surface area contributed by atoms with E-state index >= 15 is 0 Å². The average molecular weight is 653 g/mol. The van der Waals surface area contributed by atoms with E-state index in [9.17, 15) is 5.26 Å². The Balaban J connectivity index is 1.46. The van der Waals surface area contributed by atoms with Crippen molar-refractivity contribution < 1.29 is 0 Å². The molecule has 0 aliphatic carbocycles. The highest BCUT2D eigenvalue weighted by molar-refractivity contribution is 5.81. The molecule has 2 heterocycles. The molecule has 0 saturated heterocycles. The van der Waals surface area contributed by atoms with Crippen molar-refractivity contribution in [2.45, 2.75) is 52.4 Å². The van der Waals surface area contributed by atoms with Gasteiger partial charge < -0.3 is 0 Å². The topological polar surface area (TPSA) is 88.2 Å². The summed E-state index contributed by atoms with van der Waals surface area (Å²) in [6.07, 6.45) is 3.35. The third kappa shape index (κ3) is 7.04. The summed E-state index contributed by atoms with van der Waals surface area (Å²) in [4.78, 5) is 24.8. The summed E-state index contributed by atoms with van der Waals surface area (Å²) >= 11 is 0. The van der Waals surface area contributed by atoms with Crippen LogP contribution in [0.5, 0.6) is 0 Å². The Hall–Kier alpha value is -6.06. The van der Waals surface area contributed by atoms with Crippen molar-refractivity contribution in [3.05, 3.63) is 138 Å². The van der Waals surface area contributed by atoms with Gasteiger partial charge in [-0.3, -0.25) is 0 Å². The predicted molar refractivity (Wildman–Crippen MR) is 205 cm³/mol. The Labute approximate surface area is 295 Å². The van der Waals surface area contributed by atoms with E-state index < -0.39 is 0 Å². The van der Waals surface area contributed by atoms with Crippen molar-refractivity contribution in [3.63, 3.8) is 0 Å². The van der Waals surface area contributed by atoms with Gasteiger partial charge in [0.15, 0.2) is 17.5 Å². The smallest absolute Gasteiger partial charge is 0.164 e. The highest BCUT2D eigenvalue weighted by Gasteiger charge is 2.19. The minimum absolute atomic E-state index is 0.0350. The maximum atomic E-state index is 9.33. The molecule has 6 heteroatoms. The van der Waals surface area contributed by atoms with E-state index in [4.69, 9.17) is 24.9 Å². The first-order valence-electron chi connectivity index (χ1n) is 16.6. The molecule has 0 unspecified atom stereocenters. The van der Waals surface area contributed by atoms with Crippen molar-refractivity contribution in [2.24, 2.45) is 0 Å². The zero-order valence-corrected chi connectivity index (χ0v) is 29.5. The first kappa shape index (κ1) is 33.8. The molecule has 0 spiro atoms. The molecule has 50 heavy (non-hydrogen) atoms. The quantitative estimate of drug-likeness (QED) is 0.170. The molecule has 0 aliphatic heterocycles. The fraction of sp³-hybridized carbons (Fsp3) is 0.182. The number of aromatic nitrogens is 5. The van der Waals surface area contributed by atoms with Gasteiger partial charge in [0.1, 0.15) is 0 Å². The predicted octanol–water partition coefficient (Wildman–Crippen LogP) is 10.7. The zero-order valence-electron chi connectivity index (χ0n) is 29.5. The molecular weight excluding hydrogens is 613 g/mol. The van der Waals surface area contributed by atoms with Gasteiger partial charge in [0.25, 0.3) is 0 Å². The van der Waals surface area contributed by atoms with Crippen LogP contribution in [0, 0.1) is 11.3 Å². The van der Waals surface area contributed by atoms with Gasteiger partial charge in [-0.15, -0.1) is 0 Å². The molecule has 246 valence electrons. The minimum atomic E-state index is 0.0350. The van der Waals surface area contributed by atoms with Crippen LogP contribution in [0.1, 0.15) is 69.6 Å². The van der Waals surface area contributed by atoms with Crippen LogP contribution in [0.25, 0.3) is 68.8 Å². The van der Waals surface area contributed by atoms with Crippen LogP contribution in [-0.2, 0) is 10.8 Å². The van der Waals surface area contributed by atoms with E-state index in [1.165, 1.54) is 11.1 Å². The first-order valence-corrected chi connectivity index (χ1v) is 16.6. The van der Waals surface area contributed by atoms with Gasteiger partial charge in [-0.1, -0.05) is 140 Å². The van der Waals surface area contributed by atoms with Crippen LogP contribution in [-0.4, -0.2) is 24.9 Å². The molecule has 0 radical (unpaired) electrons. The van der Waals surface area contributed by atoms with Crippen molar-refractivity contribution >= 4 is 12.2 Å². The second kappa shape index (κ2) is 13.4. The number of nitriles is 1. The van der Waals surface area contributed by atoms with Crippen LogP contribution < -0.4 is 0 Å². The molecule has 0 N–H and O–H groups in total. The van der Waals surface area contributed by atoms with Gasteiger partial charge in [0, 0.05) is 27.8 Å². The summed E-state index contributed by atoms with van der Waals surface area (Å²) in [5, 5.41) is 9.33. The van der Waals surface area contributed by atoms with E-state index in [1.54, 1.807) is 24.3 Å². The molecule has 0 fully saturated rings. The minimum Gasteiger partial charge on any atom is -0.244 e. The molecule has 0 amide bonds. The van der Waals surface area contributed by atoms with Crippen LogP contribution in [0.4, 0.5) is 0 Å². The molecule has 0 aliphatic rings. The second-order valence-electron chi connectivity index (χ2n) is 14.3. The van der Waals surface area contributed by atoms with Crippen LogP contribution in [0.15, 0.2) is 110 Å². The summed E-state index contributed by atoms with van der Waals surface area (Å²) in [6.45, 7) is 21.1. The van der Waals surface area contributed by atoms with Crippen molar-refractivity contribution in [3.8, 4) is 62.7 Å². The van der Waals surface area contributed by atoms with Crippen molar-refractivity contribution in [2.75, 3.05) is 0 Å². The van der Waals surface area contributed by atoms with E-state index in [-0.39, 0.29) is 10.8 Å². The van der Waals surface area contributed by atoms with E-state index in [2.05, 4.69) is 109 Å². The molecule has 6 rings (SSSR count). The van der Waals surface area contributed by atoms with Crippen LogP contribution in [0.2, 0.25) is 0 Å². The highest BCUT2D eigenvalue weighted by Crippen LogP contribution is 2.34. The number of nitrogens with zero attached hydrogens (tertiary/aromatic N) is 6. The van der Waals surface area contributed by atoms with Crippen LogP contribution in [0.3, 0.4) is 0 Å². The third-order valence-electron chi connectivity index (χ3n) is 8.70. The molecule has 2 aromatic heterocycles. The van der Waals surface area contributed by atoms with E-state index in [0.29, 0.717) is 45.8 Å². The largest absolute Gasteiger partial charge is 0.244 e. The normalized spacial score (nSPS) is 11.5. The molecule has 0 atom stereocenters. The molecule has 0 saturated carbocycles. The van der Waals surface area contributed by atoms with Gasteiger partial charge in [-0.05, 0) is 46.2 Å². The molecule has 4 aromatic carbocycles. The monoisotopic (exact) mass is 652 g/mol. The molecule has 6 nitrogen and oxygen atoms in total. The molecule has 6 aromatic rings. The Morgan fingerprint density at radius 1 is 0.460 bits per heavy atom. The number of hydrogen-bond donors (Lipinski definition) is 0. The Kier molecular flexibility index (Phi) is 9.10. The standard InChI is InChI=1S/C44H40N6/c1-9-36-37(10-2)47-39(38(46-36)29-13-11-28(27-45)12-14-29)30-15-17-31(18-16-30)40-48-41(32-19-23-34(24-20-32)43(3,4)5)50-42(49-40)33-21-25-35(26-22-33)44(6,7)8/h9-26H,1-2H2,3-8H3. The lowest BCUT2D eigenvalue weighted by molar-refractivity contribution is 0.590. The van der Waals surface area contributed by atoms with Crippen molar-refractivity contribution in [1.82, 2.24) is 24.9 Å². The maximum Gasteiger partial charge on any atom is 0.164 e. The number of benzene rings is 4. The Morgan fingerprint density at radius 2 is 0.760 bits per heavy atom. The fourth-order valence-corrected chi connectivity index (χ4v) is 5.65. The van der Waals surface area contributed by atoms with E-state index in [0.717, 1.165) is 27.8 Å². The van der Waals surface area contributed by atoms with E-state index in [1.807, 2.05) is 36.4 Å². The van der Waals surface area contributed by atoms with Gasteiger partial charge in [0.05, 0.1) is 34.4 Å². The lowest BCUT2D eigenvalue weighted by atomic mass is 9.86. The average Bonchev–Trinajstić information content (AvgIpc) is 3.13. The number of hydrogen-bond acceptors (Lipinski definition) is 6. The van der Waals surface area contributed by atoms with Gasteiger partial charge in [0.2, 0.25) is 0 Å². The lowest BCUT2D eigenvalue weighted by Gasteiger charge is -2.19. The van der Waals surface area contributed by atoms with Gasteiger partial charge >= 0.3 is 0 Å². The summed E-state index contributed by atoms with van der Waals surface area (Å²) in [5.74, 6) is 1.79. The summed E-state index contributed by atoms with van der Waals surface area (Å²) < 4.78 is 0. The fourth-order valence-electron chi connectivity index (χ4n) is 5.65. The highest BCUT2D eigenvalue weighted by atomic mass is 15.0. The Morgan fingerprint density at radius 3 is 1.06 bits per heavy atom. The summed E-state index contributed by atoms with van der Waals surface area (Å²) in [6, 6.07) is 34.5. The zero-order chi connectivity index (χ0) is 35.6. The maximum absolute atomic E-state index is 9.33. The SMILES string of the molecule is C=Cc1nc(-c2ccc(C#N)cc2)c(-c2ccc(-c3nc(-c4ccc(C(C)(C)C)cc4)nc(-c4ccc(C(C)(C)C)cc4)n3)cc2)nc1C=C. The lowest BCUT2D eigenvalue weighted by Crippen LogP contribution is -2.10.